The zero-order valence-electron chi connectivity index (χ0n) is 15.9. The zero-order valence-corrected chi connectivity index (χ0v) is 16.7. The van der Waals surface area contributed by atoms with Crippen molar-refractivity contribution in [1.82, 2.24) is 10.2 Å². The second kappa shape index (κ2) is 9.75. The summed E-state index contributed by atoms with van der Waals surface area (Å²) < 4.78 is 0. The standard InChI is InChI=1S/C20H20ClN5O4/c21-15-3-1-2-4-16(15)22-11-18(28)25-14-7-5-13(6-8-14)24-17(27)9-10-26-19(29)12-23-20(26)30/h1-8,22H,9-12H2,(H,23,30)(H,24,27)(H,25,28). The van der Waals surface area contributed by atoms with E-state index in [9.17, 15) is 19.2 Å². The van der Waals surface area contributed by atoms with Crippen LogP contribution >= 0.6 is 11.6 Å². The number of halogens is 1. The van der Waals surface area contributed by atoms with Crippen molar-refractivity contribution in [3.63, 3.8) is 0 Å². The van der Waals surface area contributed by atoms with Crippen LogP contribution in [0.25, 0.3) is 0 Å². The predicted molar refractivity (Wildman–Crippen MR) is 113 cm³/mol. The molecule has 2 aromatic rings. The minimum atomic E-state index is -0.489. The molecule has 4 N–H and O–H groups in total. The zero-order chi connectivity index (χ0) is 21.5. The number of benzene rings is 2. The first-order valence-electron chi connectivity index (χ1n) is 9.19. The van der Waals surface area contributed by atoms with Crippen LogP contribution in [0.1, 0.15) is 6.42 Å². The second-order valence-corrected chi connectivity index (χ2v) is 6.87. The average molecular weight is 430 g/mol. The molecule has 2 aromatic carbocycles. The molecule has 0 unspecified atom stereocenters. The molecule has 1 aliphatic heterocycles. The van der Waals surface area contributed by atoms with Crippen LogP contribution in [0.15, 0.2) is 48.5 Å². The number of urea groups is 1. The molecule has 9 nitrogen and oxygen atoms in total. The van der Waals surface area contributed by atoms with Crippen LogP contribution in [0.5, 0.6) is 0 Å². The molecule has 1 fully saturated rings. The first-order chi connectivity index (χ1) is 14.4. The van der Waals surface area contributed by atoms with E-state index in [1.807, 2.05) is 6.07 Å². The summed E-state index contributed by atoms with van der Waals surface area (Å²) in [5.74, 6) is -0.930. The van der Waals surface area contributed by atoms with Gasteiger partial charge in [-0.05, 0) is 36.4 Å². The number of para-hydroxylation sites is 1. The molecule has 0 aliphatic carbocycles. The smallest absolute Gasteiger partial charge is 0.324 e. The Kier molecular flexibility index (Phi) is 6.87. The van der Waals surface area contributed by atoms with E-state index in [1.54, 1.807) is 42.5 Å². The van der Waals surface area contributed by atoms with Gasteiger partial charge in [-0.1, -0.05) is 23.7 Å². The van der Waals surface area contributed by atoms with E-state index in [1.165, 1.54) is 0 Å². The summed E-state index contributed by atoms with van der Waals surface area (Å²) in [5.41, 5.74) is 1.77. The molecule has 0 saturated carbocycles. The molecular formula is C20H20ClN5O4. The molecular weight excluding hydrogens is 410 g/mol. The lowest BCUT2D eigenvalue weighted by atomic mass is 10.2. The molecule has 1 aliphatic rings. The van der Waals surface area contributed by atoms with E-state index in [2.05, 4.69) is 21.3 Å². The van der Waals surface area contributed by atoms with Gasteiger partial charge in [0.25, 0.3) is 0 Å². The van der Waals surface area contributed by atoms with Crippen LogP contribution in [-0.4, -0.2) is 48.3 Å². The number of rotatable bonds is 8. The number of amides is 5. The van der Waals surface area contributed by atoms with E-state index < -0.39 is 6.03 Å². The maximum absolute atomic E-state index is 12.1. The Bertz CT molecular complexity index is 948. The van der Waals surface area contributed by atoms with E-state index in [-0.39, 0.29) is 43.8 Å². The average Bonchev–Trinajstić information content (AvgIpc) is 3.05. The number of anilines is 3. The highest BCUT2D eigenvalue weighted by molar-refractivity contribution is 6.33. The Morgan fingerprint density at radius 3 is 2.20 bits per heavy atom. The number of hydrogen-bond donors (Lipinski definition) is 4. The maximum Gasteiger partial charge on any atom is 0.324 e. The van der Waals surface area contributed by atoms with E-state index in [0.717, 1.165) is 4.90 Å². The van der Waals surface area contributed by atoms with Crippen molar-refractivity contribution >= 4 is 52.4 Å². The highest BCUT2D eigenvalue weighted by atomic mass is 35.5. The van der Waals surface area contributed by atoms with E-state index in [4.69, 9.17) is 11.6 Å². The van der Waals surface area contributed by atoms with E-state index in [0.29, 0.717) is 22.1 Å². The van der Waals surface area contributed by atoms with Crippen molar-refractivity contribution in [2.24, 2.45) is 0 Å². The third-order valence-electron chi connectivity index (χ3n) is 4.27. The lowest BCUT2D eigenvalue weighted by Gasteiger charge is -2.12. The highest BCUT2D eigenvalue weighted by Crippen LogP contribution is 2.20. The summed E-state index contributed by atoms with van der Waals surface area (Å²) in [4.78, 5) is 48.0. The van der Waals surface area contributed by atoms with Crippen molar-refractivity contribution in [3.05, 3.63) is 53.6 Å². The van der Waals surface area contributed by atoms with Gasteiger partial charge in [-0.25, -0.2) is 4.79 Å². The molecule has 0 atom stereocenters. The molecule has 156 valence electrons. The third-order valence-corrected chi connectivity index (χ3v) is 4.59. The van der Waals surface area contributed by atoms with Crippen LogP contribution in [0, 0.1) is 0 Å². The maximum atomic E-state index is 12.1. The van der Waals surface area contributed by atoms with Gasteiger partial charge in [0, 0.05) is 24.3 Å². The van der Waals surface area contributed by atoms with Crippen molar-refractivity contribution in [1.29, 1.82) is 0 Å². The van der Waals surface area contributed by atoms with Crippen molar-refractivity contribution < 1.29 is 19.2 Å². The van der Waals surface area contributed by atoms with Crippen LogP contribution in [0.2, 0.25) is 5.02 Å². The Hall–Kier alpha value is -3.59. The molecule has 1 heterocycles. The van der Waals surface area contributed by atoms with Gasteiger partial charge >= 0.3 is 6.03 Å². The minimum absolute atomic E-state index is 0.00857. The largest absolute Gasteiger partial charge is 0.375 e. The van der Waals surface area contributed by atoms with Crippen molar-refractivity contribution in [3.8, 4) is 0 Å². The van der Waals surface area contributed by atoms with Gasteiger partial charge in [0.05, 0.1) is 23.8 Å². The first kappa shape index (κ1) is 21.1. The summed E-state index contributed by atoms with van der Waals surface area (Å²) in [6.45, 7) is 0.0234. The number of nitrogens with one attached hydrogen (secondary N) is 4. The van der Waals surface area contributed by atoms with Gasteiger partial charge in [-0.3, -0.25) is 19.3 Å². The lowest BCUT2D eigenvalue weighted by Crippen LogP contribution is -2.33. The normalized spacial score (nSPS) is 13.0. The molecule has 0 aromatic heterocycles. The van der Waals surface area contributed by atoms with Gasteiger partial charge in [-0.15, -0.1) is 0 Å². The Morgan fingerprint density at radius 2 is 1.60 bits per heavy atom. The highest BCUT2D eigenvalue weighted by Gasteiger charge is 2.28. The number of carbonyl (C=O) groups is 4. The van der Waals surface area contributed by atoms with Crippen LogP contribution in [-0.2, 0) is 14.4 Å². The molecule has 30 heavy (non-hydrogen) atoms. The molecule has 5 amide bonds. The number of carbonyl (C=O) groups excluding carboxylic acids is 4. The first-order valence-corrected chi connectivity index (χ1v) is 9.56. The van der Waals surface area contributed by atoms with Gasteiger partial charge in [0.2, 0.25) is 17.7 Å². The molecule has 0 radical (unpaired) electrons. The summed E-state index contributed by atoms with van der Waals surface area (Å²) in [7, 11) is 0. The summed E-state index contributed by atoms with van der Waals surface area (Å²) in [6, 6.07) is 13.2. The fourth-order valence-corrected chi connectivity index (χ4v) is 2.94. The Morgan fingerprint density at radius 1 is 0.967 bits per heavy atom. The topological polar surface area (TPSA) is 120 Å². The number of imide groups is 1. The lowest BCUT2D eigenvalue weighted by molar-refractivity contribution is -0.125. The molecule has 10 heteroatoms. The third kappa shape index (κ3) is 5.71. The van der Waals surface area contributed by atoms with Gasteiger partial charge in [0.15, 0.2) is 0 Å². The van der Waals surface area contributed by atoms with Gasteiger partial charge < -0.3 is 21.3 Å². The second-order valence-electron chi connectivity index (χ2n) is 6.46. The predicted octanol–water partition coefficient (Wildman–Crippen LogP) is 2.27. The molecule has 3 rings (SSSR count). The molecule has 0 spiro atoms. The van der Waals surface area contributed by atoms with Gasteiger partial charge in [0.1, 0.15) is 0 Å². The van der Waals surface area contributed by atoms with Crippen LogP contribution in [0.3, 0.4) is 0 Å². The number of nitrogens with zero attached hydrogens (tertiary/aromatic N) is 1. The van der Waals surface area contributed by atoms with Gasteiger partial charge in [-0.2, -0.15) is 0 Å². The number of hydrogen-bond acceptors (Lipinski definition) is 5. The monoisotopic (exact) mass is 429 g/mol. The van der Waals surface area contributed by atoms with Crippen molar-refractivity contribution in [2.75, 3.05) is 35.6 Å². The fourth-order valence-electron chi connectivity index (χ4n) is 2.74. The Labute approximate surface area is 177 Å². The fraction of sp³-hybridized carbons (Fsp3) is 0.200. The van der Waals surface area contributed by atoms with Crippen LogP contribution < -0.4 is 21.3 Å². The molecule has 1 saturated heterocycles. The Balaban J connectivity index is 1.43. The summed E-state index contributed by atoms with van der Waals surface area (Å²) >= 11 is 6.03. The summed E-state index contributed by atoms with van der Waals surface area (Å²) in [6.07, 6.45) is -0.00857. The van der Waals surface area contributed by atoms with E-state index >= 15 is 0 Å². The van der Waals surface area contributed by atoms with Crippen LogP contribution in [0.4, 0.5) is 21.9 Å². The molecule has 0 bridgehead atoms. The summed E-state index contributed by atoms with van der Waals surface area (Å²) in [5, 5.41) is 11.3. The quantitative estimate of drug-likeness (QED) is 0.480. The minimum Gasteiger partial charge on any atom is -0.375 e. The SMILES string of the molecule is O=C(CCN1C(=O)CNC1=O)Nc1ccc(NC(=O)CNc2ccccc2Cl)cc1. The van der Waals surface area contributed by atoms with Crippen molar-refractivity contribution in [2.45, 2.75) is 6.42 Å².